The van der Waals surface area contributed by atoms with E-state index in [0.717, 1.165) is 12.2 Å². The Labute approximate surface area is 93.7 Å². The van der Waals surface area contributed by atoms with Gasteiger partial charge in [-0.2, -0.15) is 0 Å². The summed E-state index contributed by atoms with van der Waals surface area (Å²) in [6, 6.07) is 1.99. The third kappa shape index (κ3) is 1.99. The first-order valence-electron chi connectivity index (χ1n) is 5.25. The molecule has 0 aromatic carbocycles. The number of anilines is 1. The lowest BCUT2D eigenvalue weighted by molar-refractivity contribution is 0.00845. The van der Waals surface area contributed by atoms with Gasteiger partial charge in [0.25, 0.3) is 0 Å². The molecule has 1 aromatic heterocycles. The number of aromatic nitrogens is 1. The van der Waals surface area contributed by atoms with Crippen LogP contribution in [-0.4, -0.2) is 41.9 Å². The van der Waals surface area contributed by atoms with Crippen molar-refractivity contribution in [1.82, 2.24) is 4.98 Å². The standard InChI is InChI=1S/C11H14N2O3/c1-2-13(10-6-16-7-10)9-3-8(11(14)15)4-12-5-9/h3-5,10H,2,6-7H2,1H3,(H,14,15). The van der Waals surface area contributed by atoms with Crippen LogP contribution in [0.1, 0.15) is 17.3 Å². The number of aromatic carboxylic acids is 1. The second-order valence-electron chi connectivity index (χ2n) is 3.71. The van der Waals surface area contributed by atoms with Gasteiger partial charge in [0.2, 0.25) is 0 Å². The molecule has 1 aliphatic rings. The fraction of sp³-hybridized carbons (Fsp3) is 0.455. The third-order valence-corrected chi connectivity index (χ3v) is 2.70. The van der Waals surface area contributed by atoms with Crippen LogP contribution in [0.15, 0.2) is 18.5 Å². The smallest absolute Gasteiger partial charge is 0.337 e. The van der Waals surface area contributed by atoms with Gasteiger partial charge in [0.15, 0.2) is 0 Å². The van der Waals surface area contributed by atoms with E-state index in [1.807, 2.05) is 6.92 Å². The number of rotatable bonds is 4. The van der Waals surface area contributed by atoms with Gasteiger partial charge in [0.1, 0.15) is 0 Å². The molecule has 0 radical (unpaired) electrons. The molecule has 1 N–H and O–H groups in total. The average molecular weight is 222 g/mol. The van der Waals surface area contributed by atoms with Crippen molar-refractivity contribution in [2.75, 3.05) is 24.7 Å². The molecule has 0 aliphatic carbocycles. The average Bonchev–Trinajstić information content (AvgIpc) is 2.23. The molecular formula is C11H14N2O3. The van der Waals surface area contributed by atoms with Crippen molar-refractivity contribution in [3.8, 4) is 0 Å². The molecule has 1 saturated heterocycles. The largest absolute Gasteiger partial charge is 0.478 e. The predicted octanol–water partition coefficient (Wildman–Crippen LogP) is 1.00. The molecule has 0 unspecified atom stereocenters. The highest BCUT2D eigenvalue weighted by atomic mass is 16.5. The second-order valence-corrected chi connectivity index (χ2v) is 3.71. The Hall–Kier alpha value is -1.62. The Bertz CT molecular complexity index is 391. The number of likely N-dealkylation sites (N-methyl/N-ethyl adjacent to an activating group) is 1. The van der Waals surface area contributed by atoms with Crippen molar-refractivity contribution in [2.24, 2.45) is 0 Å². The molecular weight excluding hydrogens is 208 g/mol. The van der Waals surface area contributed by atoms with Gasteiger partial charge >= 0.3 is 5.97 Å². The molecule has 1 fully saturated rings. The normalized spacial score (nSPS) is 15.6. The van der Waals surface area contributed by atoms with E-state index >= 15 is 0 Å². The first-order valence-corrected chi connectivity index (χ1v) is 5.25. The van der Waals surface area contributed by atoms with Gasteiger partial charge in [-0.3, -0.25) is 4.98 Å². The Morgan fingerprint density at radius 3 is 2.88 bits per heavy atom. The summed E-state index contributed by atoms with van der Waals surface area (Å²) < 4.78 is 5.14. The minimum atomic E-state index is -0.949. The summed E-state index contributed by atoms with van der Waals surface area (Å²) in [4.78, 5) is 16.9. The highest BCUT2D eigenvalue weighted by Gasteiger charge is 2.25. The molecule has 0 atom stereocenters. The highest BCUT2D eigenvalue weighted by molar-refractivity contribution is 5.88. The van der Waals surface area contributed by atoms with Gasteiger partial charge in [-0.15, -0.1) is 0 Å². The Kier molecular flexibility index (Phi) is 3.05. The minimum absolute atomic E-state index is 0.219. The van der Waals surface area contributed by atoms with E-state index in [1.54, 1.807) is 12.3 Å². The van der Waals surface area contributed by atoms with E-state index in [4.69, 9.17) is 9.84 Å². The van der Waals surface area contributed by atoms with Crippen LogP contribution in [0, 0.1) is 0 Å². The molecule has 16 heavy (non-hydrogen) atoms. The van der Waals surface area contributed by atoms with E-state index in [2.05, 4.69) is 9.88 Å². The summed E-state index contributed by atoms with van der Waals surface area (Å²) in [6.07, 6.45) is 3.05. The molecule has 0 amide bonds. The molecule has 86 valence electrons. The van der Waals surface area contributed by atoms with E-state index in [0.29, 0.717) is 19.3 Å². The van der Waals surface area contributed by atoms with Crippen LogP contribution in [-0.2, 0) is 4.74 Å². The van der Waals surface area contributed by atoms with Crippen LogP contribution in [0.25, 0.3) is 0 Å². The van der Waals surface area contributed by atoms with Gasteiger partial charge in [-0.25, -0.2) is 4.79 Å². The van der Waals surface area contributed by atoms with Crippen LogP contribution in [0.5, 0.6) is 0 Å². The second kappa shape index (κ2) is 4.49. The summed E-state index contributed by atoms with van der Waals surface area (Å²) in [5.74, 6) is -0.949. The summed E-state index contributed by atoms with van der Waals surface area (Å²) in [6.45, 7) is 4.25. The lowest BCUT2D eigenvalue weighted by Gasteiger charge is -2.38. The topological polar surface area (TPSA) is 62.7 Å². The number of pyridine rings is 1. The quantitative estimate of drug-likeness (QED) is 0.823. The zero-order chi connectivity index (χ0) is 11.5. The van der Waals surface area contributed by atoms with Crippen molar-refractivity contribution in [1.29, 1.82) is 0 Å². The van der Waals surface area contributed by atoms with Crippen molar-refractivity contribution in [2.45, 2.75) is 13.0 Å². The number of hydrogen-bond donors (Lipinski definition) is 1. The maximum absolute atomic E-state index is 10.8. The lowest BCUT2D eigenvalue weighted by Crippen LogP contribution is -2.49. The van der Waals surface area contributed by atoms with Gasteiger partial charge in [0, 0.05) is 12.7 Å². The molecule has 0 saturated carbocycles. The molecule has 2 rings (SSSR count). The van der Waals surface area contributed by atoms with Crippen LogP contribution < -0.4 is 4.90 Å². The number of hydrogen-bond acceptors (Lipinski definition) is 4. The number of ether oxygens (including phenoxy) is 1. The number of carboxylic acid groups (broad SMARTS) is 1. The first kappa shape index (κ1) is 10.9. The molecule has 1 aliphatic heterocycles. The number of nitrogens with zero attached hydrogens (tertiary/aromatic N) is 2. The molecule has 0 spiro atoms. The van der Waals surface area contributed by atoms with Gasteiger partial charge in [-0.05, 0) is 13.0 Å². The zero-order valence-corrected chi connectivity index (χ0v) is 9.09. The predicted molar refractivity (Wildman–Crippen MR) is 58.8 cm³/mol. The van der Waals surface area contributed by atoms with Gasteiger partial charge < -0.3 is 14.7 Å². The fourth-order valence-corrected chi connectivity index (χ4v) is 1.76. The minimum Gasteiger partial charge on any atom is -0.478 e. The summed E-state index contributed by atoms with van der Waals surface area (Å²) in [7, 11) is 0. The maximum atomic E-state index is 10.8. The number of carbonyl (C=O) groups is 1. The van der Waals surface area contributed by atoms with Crippen LogP contribution in [0.4, 0.5) is 5.69 Å². The Morgan fingerprint density at radius 1 is 1.62 bits per heavy atom. The Morgan fingerprint density at radius 2 is 2.38 bits per heavy atom. The van der Waals surface area contributed by atoms with Crippen molar-refractivity contribution in [3.63, 3.8) is 0 Å². The van der Waals surface area contributed by atoms with Crippen LogP contribution in [0.2, 0.25) is 0 Å². The summed E-state index contributed by atoms with van der Waals surface area (Å²) in [5, 5.41) is 8.89. The first-order chi connectivity index (χ1) is 7.72. The van der Waals surface area contributed by atoms with Crippen molar-refractivity contribution >= 4 is 11.7 Å². The molecule has 5 nitrogen and oxygen atoms in total. The van der Waals surface area contributed by atoms with E-state index in [9.17, 15) is 4.79 Å². The monoisotopic (exact) mass is 222 g/mol. The van der Waals surface area contributed by atoms with E-state index in [1.165, 1.54) is 6.20 Å². The molecule has 2 heterocycles. The fourth-order valence-electron chi connectivity index (χ4n) is 1.76. The Balaban J connectivity index is 2.23. The van der Waals surface area contributed by atoms with E-state index in [-0.39, 0.29) is 5.56 Å². The summed E-state index contributed by atoms with van der Waals surface area (Å²) in [5.41, 5.74) is 1.06. The zero-order valence-electron chi connectivity index (χ0n) is 9.09. The van der Waals surface area contributed by atoms with Crippen molar-refractivity contribution in [3.05, 3.63) is 24.0 Å². The third-order valence-electron chi connectivity index (χ3n) is 2.70. The van der Waals surface area contributed by atoms with Gasteiger partial charge in [-0.1, -0.05) is 0 Å². The van der Waals surface area contributed by atoms with E-state index < -0.39 is 5.97 Å². The van der Waals surface area contributed by atoms with Crippen LogP contribution >= 0.6 is 0 Å². The van der Waals surface area contributed by atoms with Gasteiger partial charge in [0.05, 0.1) is 36.7 Å². The van der Waals surface area contributed by atoms with Crippen molar-refractivity contribution < 1.29 is 14.6 Å². The molecule has 5 heteroatoms. The lowest BCUT2D eigenvalue weighted by atomic mass is 10.1. The number of carboxylic acids is 1. The van der Waals surface area contributed by atoms with Crippen LogP contribution in [0.3, 0.4) is 0 Å². The SMILES string of the molecule is CCN(c1cncc(C(=O)O)c1)C1COC1. The molecule has 0 bridgehead atoms. The summed E-state index contributed by atoms with van der Waals surface area (Å²) >= 11 is 0. The molecule has 1 aromatic rings. The highest BCUT2D eigenvalue weighted by Crippen LogP contribution is 2.20. The maximum Gasteiger partial charge on any atom is 0.337 e.